The maximum Gasteiger partial charge on any atom is 0.407 e. The molecule has 0 fully saturated rings. The maximum atomic E-state index is 12.5. The molecule has 0 saturated heterocycles. The first kappa shape index (κ1) is 26.8. The molecule has 0 aliphatic heterocycles. The zero-order chi connectivity index (χ0) is 24.7. The smallest absolute Gasteiger partial charge is 0.407 e. The van der Waals surface area contributed by atoms with Crippen molar-refractivity contribution in [2.24, 2.45) is 0 Å². The molecule has 6 heteroatoms. The van der Waals surface area contributed by atoms with Crippen LogP contribution < -0.4 is 15.7 Å². The first-order valence-electron chi connectivity index (χ1n) is 11.6. The number of nitrogens with one attached hydrogen (secondary N) is 1. The van der Waals surface area contributed by atoms with Crippen LogP contribution in [0.2, 0.25) is 5.04 Å². The largest absolute Gasteiger partial charge is 0.444 e. The number of benzene rings is 2. The summed E-state index contributed by atoms with van der Waals surface area (Å²) in [6.45, 7) is 14.0. The number of carbonyl (C=O) groups is 2. The molecular weight excluding hydrogens is 430 g/mol. The van der Waals surface area contributed by atoms with E-state index in [1.54, 1.807) is 6.92 Å². The molecule has 5 nitrogen and oxygen atoms in total. The fourth-order valence-electron chi connectivity index (χ4n) is 4.04. The second kappa shape index (κ2) is 11.1. The number of hydrogen-bond donors (Lipinski definition) is 1. The second-order valence-corrected chi connectivity index (χ2v) is 14.9. The van der Waals surface area contributed by atoms with Gasteiger partial charge in [-0.3, -0.25) is 0 Å². The summed E-state index contributed by atoms with van der Waals surface area (Å²) >= 11 is 0. The lowest BCUT2D eigenvalue weighted by atomic mass is 10.1. The van der Waals surface area contributed by atoms with E-state index in [2.05, 4.69) is 50.4 Å². The molecule has 0 radical (unpaired) electrons. The Morgan fingerprint density at radius 1 is 0.879 bits per heavy atom. The Kier molecular flexibility index (Phi) is 9.03. The molecule has 33 heavy (non-hydrogen) atoms. The first-order valence-corrected chi connectivity index (χ1v) is 13.5. The summed E-state index contributed by atoms with van der Waals surface area (Å²) in [6, 6.07) is 20.4. The fourth-order valence-corrected chi connectivity index (χ4v) is 8.64. The van der Waals surface area contributed by atoms with E-state index >= 15 is 0 Å². The molecule has 0 bridgehead atoms. The van der Waals surface area contributed by atoms with Crippen LogP contribution >= 0.6 is 0 Å². The number of hydrogen-bond acceptors (Lipinski definition) is 4. The van der Waals surface area contributed by atoms with Gasteiger partial charge in [-0.2, -0.15) is 0 Å². The highest BCUT2D eigenvalue weighted by atomic mass is 28.4. The van der Waals surface area contributed by atoms with Gasteiger partial charge in [0.25, 0.3) is 8.32 Å². The molecule has 0 aliphatic carbocycles. The molecule has 180 valence electrons. The van der Waals surface area contributed by atoms with Gasteiger partial charge in [-0.05, 0) is 49.5 Å². The van der Waals surface area contributed by atoms with Crippen LogP contribution in [0, 0.1) is 0 Å². The molecule has 0 aromatic heterocycles. The van der Waals surface area contributed by atoms with Gasteiger partial charge in [0.15, 0.2) is 0 Å². The minimum Gasteiger partial charge on any atom is -0.444 e. The van der Waals surface area contributed by atoms with Crippen LogP contribution in [0.5, 0.6) is 0 Å². The SMILES string of the molecule is CC(=O)CC[C@@H](CO[Si](c1ccccc1)(c1ccccc1)C(C)(C)C)NC(=O)OC(C)(C)C. The topological polar surface area (TPSA) is 64.6 Å². The lowest BCUT2D eigenvalue weighted by molar-refractivity contribution is -0.117. The zero-order valence-corrected chi connectivity index (χ0v) is 22.1. The average molecular weight is 470 g/mol. The third-order valence-electron chi connectivity index (χ3n) is 5.48. The number of ether oxygens (including phenoxy) is 1. The summed E-state index contributed by atoms with van der Waals surface area (Å²) in [7, 11) is -2.74. The Balaban J connectivity index is 2.42. The summed E-state index contributed by atoms with van der Waals surface area (Å²) in [4.78, 5) is 24.2. The molecular formula is C27H39NO4Si. The molecule has 1 N–H and O–H groups in total. The van der Waals surface area contributed by atoms with Gasteiger partial charge in [0.2, 0.25) is 0 Å². The highest BCUT2D eigenvalue weighted by Gasteiger charge is 2.50. The van der Waals surface area contributed by atoms with Crippen molar-refractivity contribution in [1.29, 1.82) is 0 Å². The number of rotatable bonds is 9. The van der Waals surface area contributed by atoms with Crippen LogP contribution in [0.4, 0.5) is 4.79 Å². The quantitative estimate of drug-likeness (QED) is 0.535. The average Bonchev–Trinajstić information content (AvgIpc) is 2.71. The molecule has 0 spiro atoms. The Labute approximate surface area is 200 Å². The van der Waals surface area contributed by atoms with Crippen molar-refractivity contribution in [1.82, 2.24) is 5.32 Å². The van der Waals surface area contributed by atoms with Gasteiger partial charge >= 0.3 is 6.09 Å². The second-order valence-electron chi connectivity index (χ2n) is 10.6. The number of Topliss-reactive ketones (excluding diaryl/α,β-unsaturated/α-hetero) is 1. The Bertz CT molecular complexity index is 862. The van der Waals surface area contributed by atoms with Crippen LogP contribution in [-0.4, -0.2) is 38.4 Å². The van der Waals surface area contributed by atoms with Gasteiger partial charge < -0.3 is 19.3 Å². The van der Waals surface area contributed by atoms with Crippen LogP contribution in [0.3, 0.4) is 0 Å². The number of amides is 1. The van der Waals surface area contributed by atoms with Crippen molar-refractivity contribution in [2.45, 2.75) is 78.0 Å². The molecule has 0 saturated carbocycles. The predicted molar refractivity (Wildman–Crippen MR) is 137 cm³/mol. The van der Waals surface area contributed by atoms with Crippen LogP contribution in [0.15, 0.2) is 60.7 Å². The first-order chi connectivity index (χ1) is 15.3. The Hall–Kier alpha value is -2.44. The molecule has 2 aromatic carbocycles. The molecule has 0 unspecified atom stereocenters. The van der Waals surface area contributed by atoms with Crippen molar-refractivity contribution in [3.05, 3.63) is 60.7 Å². The van der Waals surface area contributed by atoms with Crippen molar-refractivity contribution in [2.75, 3.05) is 6.61 Å². The van der Waals surface area contributed by atoms with Crippen molar-refractivity contribution in [3.8, 4) is 0 Å². The van der Waals surface area contributed by atoms with Gasteiger partial charge in [-0.25, -0.2) is 4.79 Å². The highest BCUT2D eigenvalue weighted by Crippen LogP contribution is 2.36. The summed E-state index contributed by atoms with van der Waals surface area (Å²) < 4.78 is 12.4. The lowest BCUT2D eigenvalue weighted by Gasteiger charge is -2.43. The normalized spacial score (nSPS) is 13.3. The van der Waals surface area contributed by atoms with E-state index in [-0.39, 0.29) is 16.9 Å². The van der Waals surface area contributed by atoms with Crippen LogP contribution in [0.25, 0.3) is 0 Å². The summed E-state index contributed by atoms with van der Waals surface area (Å²) in [5, 5.41) is 5.11. The molecule has 2 aromatic rings. The van der Waals surface area contributed by atoms with Crippen LogP contribution in [-0.2, 0) is 14.0 Å². The fraction of sp³-hybridized carbons (Fsp3) is 0.481. The monoisotopic (exact) mass is 469 g/mol. The minimum atomic E-state index is -2.74. The molecule has 0 aliphatic rings. The number of ketones is 1. The van der Waals surface area contributed by atoms with E-state index in [1.807, 2.05) is 57.2 Å². The van der Waals surface area contributed by atoms with E-state index in [1.165, 1.54) is 10.4 Å². The van der Waals surface area contributed by atoms with Crippen LogP contribution in [0.1, 0.15) is 61.3 Å². The Morgan fingerprint density at radius 2 is 1.36 bits per heavy atom. The third kappa shape index (κ3) is 7.54. The van der Waals surface area contributed by atoms with Crippen molar-refractivity contribution >= 4 is 30.6 Å². The van der Waals surface area contributed by atoms with Crippen molar-refractivity contribution < 1.29 is 18.8 Å². The van der Waals surface area contributed by atoms with E-state index in [9.17, 15) is 9.59 Å². The van der Waals surface area contributed by atoms with E-state index in [4.69, 9.17) is 9.16 Å². The molecule has 1 amide bonds. The summed E-state index contributed by atoms with van der Waals surface area (Å²) in [5.74, 6) is 0.0800. The van der Waals surface area contributed by atoms with E-state index in [0.29, 0.717) is 19.4 Å². The number of alkyl carbamates (subject to hydrolysis) is 1. The van der Waals surface area contributed by atoms with E-state index in [0.717, 1.165) is 0 Å². The lowest BCUT2D eigenvalue weighted by Crippen LogP contribution is -2.67. The molecule has 0 heterocycles. The van der Waals surface area contributed by atoms with Gasteiger partial charge in [-0.1, -0.05) is 81.4 Å². The maximum absolute atomic E-state index is 12.5. The zero-order valence-electron chi connectivity index (χ0n) is 21.1. The van der Waals surface area contributed by atoms with Gasteiger partial charge in [-0.15, -0.1) is 0 Å². The Morgan fingerprint density at radius 3 is 1.76 bits per heavy atom. The van der Waals surface area contributed by atoms with E-state index < -0.39 is 20.0 Å². The van der Waals surface area contributed by atoms with Gasteiger partial charge in [0.1, 0.15) is 11.4 Å². The summed E-state index contributed by atoms with van der Waals surface area (Å²) in [6.07, 6.45) is 0.360. The minimum absolute atomic E-state index is 0.0800. The van der Waals surface area contributed by atoms with Gasteiger partial charge in [0.05, 0.1) is 12.6 Å². The summed E-state index contributed by atoms with van der Waals surface area (Å²) in [5.41, 5.74) is -0.603. The highest BCUT2D eigenvalue weighted by molar-refractivity contribution is 6.99. The van der Waals surface area contributed by atoms with Crippen molar-refractivity contribution in [3.63, 3.8) is 0 Å². The molecule has 1 atom stereocenters. The third-order valence-corrected chi connectivity index (χ3v) is 10.5. The van der Waals surface area contributed by atoms with Gasteiger partial charge in [0, 0.05) is 6.42 Å². The predicted octanol–water partition coefficient (Wildman–Crippen LogP) is 4.83. The molecule has 2 rings (SSSR count). The standard InChI is InChI=1S/C27H39NO4Si/c1-21(29)18-19-22(28-25(30)32-26(2,3)4)20-31-33(27(5,6)7,23-14-10-8-11-15-23)24-16-12-9-13-17-24/h8-17,22H,18-20H2,1-7H3,(H,28,30)/t22-/m0/s1. The number of carbonyl (C=O) groups excluding carboxylic acids is 2.